The lowest BCUT2D eigenvalue weighted by atomic mass is 10.1. The number of benzene rings is 1. The monoisotopic (exact) mass is 319 g/mol. The first-order chi connectivity index (χ1) is 11.0. The zero-order valence-corrected chi connectivity index (χ0v) is 12.3. The molecular weight excluding hydrogens is 306 g/mol. The van der Waals surface area contributed by atoms with E-state index < -0.39 is 22.0 Å². The fourth-order valence-electron chi connectivity index (χ4n) is 1.93. The fourth-order valence-corrected chi connectivity index (χ4v) is 1.93. The zero-order chi connectivity index (χ0) is 17.0. The minimum atomic E-state index is -1.04. The third kappa shape index (κ3) is 3.28. The Morgan fingerprint density at radius 2 is 2.04 bits per heavy atom. The summed E-state index contributed by atoms with van der Waals surface area (Å²) in [6, 6.07) is 5.19. The molecule has 9 nitrogen and oxygen atoms in total. The predicted molar refractivity (Wildman–Crippen MR) is 81.7 cm³/mol. The van der Waals surface area contributed by atoms with Crippen LogP contribution >= 0.6 is 0 Å². The highest BCUT2D eigenvalue weighted by molar-refractivity contribution is 5.72. The summed E-state index contributed by atoms with van der Waals surface area (Å²) in [5.74, 6) is 0.00126. The van der Waals surface area contributed by atoms with Crippen LogP contribution in [-0.2, 0) is 0 Å². The van der Waals surface area contributed by atoms with Crippen molar-refractivity contribution in [2.45, 2.75) is 0 Å². The van der Waals surface area contributed by atoms with Gasteiger partial charge in [-0.25, -0.2) is 0 Å². The Bertz CT molecular complexity index is 828. The molecule has 2 aromatic rings. The number of aromatic amines is 1. The van der Waals surface area contributed by atoms with Crippen LogP contribution in [0.4, 0.5) is 5.69 Å². The molecule has 0 spiro atoms. The van der Waals surface area contributed by atoms with Crippen molar-refractivity contribution in [1.82, 2.24) is 9.97 Å². The largest absolute Gasteiger partial charge is 0.493 e. The summed E-state index contributed by atoms with van der Waals surface area (Å²) in [7, 11) is 2.98. The molecule has 0 fully saturated rings. The van der Waals surface area contributed by atoms with Gasteiger partial charge < -0.3 is 19.6 Å². The molecule has 0 bridgehead atoms. The van der Waals surface area contributed by atoms with E-state index in [1.165, 1.54) is 20.3 Å². The van der Waals surface area contributed by atoms with Crippen LogP contribution in [-0.4, -0.2) is 34.2 Å². The minimum Gasteiger partial charge on any atom is -0.493 e. The standard InChI is InChI=1S/C14H13N3O6/c1-22-9-5-3-4-8(12(9)23-2)6-7-10-15-13(18)11(17(20)21)14(19)16-10/h3-7H,1-2H3,(H2,15,16,18,19)/b7-6-. The number of rotatable bonds is 5. The molecule has 120 valence electrons. The van der Waals surface area contributed by atoms with Crippen LogP contribution in [0.1, 0.15) is 11.4 Å². The number of aromatic hydroxyl groups is 1. The zero-order valence-electron chi connectivity index (χ0n) is 12.3. The Labute approximate surface area is 130 Å². The van der Waals surface area contributed by atoms with E-state index in [4.69, 9.17) is 9.47 Å². The van der Waals surface area contributed by atoms with Crippen molar-refractivity contribution in [2.24, 2.45) is 0 Å². The van der Waals surface area contributed by atoms with E-state index in [9.17, 15) is 20.0 Å². The minimum absolute atomic E-state index is 0.0389. The smallest absolute Gasteiger partial charge is 0.395 e. The quantitative estimate of drug-likeness (QED) is 0.632. The number of H-pyrrole nitrogens is 1. The van der Waals surface area contributed by atoms with Crippen molar-refractivity contribution in [3.63, 3.8) is 0 Å². The van der Waals surface area contributed by atoms with Gasteiger partial charge in [0.2, 0.25) is 0 Å². The Hall–Kier alpha value is -3.36. The van der Waals surface area contributed by atoms with Crippen molar-refractivity contribution < 1.29 is 19.5 Å². The molecule has 1 aromatic carbocycles. The van der Waals surface area contributed by atoms with E-state index >= 15 is 0 Å². The molecule has 0 aliphatic heterocycles. The number of para-hydroxylation sites is 1. The van der Waals surface area contributed by atoms with Crippen molar-refractivity contribution in [1.29, 1.82) is 0 Å². The molecule has 1 heterocycles. The van der Waals surface area contributed by atoms with Gasteiger partial charge in [-0.2, -0.15) is 4.98 Å². The SMILES string of the molecule is COc1cccc(/C=C\c2nc(O)c([N+](=O)[O-])c(=O)[nH]2)c1OC. The Morgan fingerprint density at radius 3 is 2.61 bits per heavy atom. The molecular formula is C14H13N3O6. The van der Waals surface area contributed by atoms with E-state index in [0.717, 1.165) is 0 Å². The molecule has 0 radical (unpaired) electrons. The second kappa shape index (κ2) is 6.60. The van der Waals surface area contributed by atoms with E-state index in [0.29, 0.717) is 17.1 Å². The predicted octanol–water partition coefficient (Wildman–Crippen LogP) is 1.57. The van der Waals surface area contributed by atoms with Gasteiger partial charge in [0.25, 0.3) is 5.88 Å². The van der Waals surface area contributed by atoms with Crippen LogP contribution < -0.4 is 15.0 Å². The maximum Gasteiger partial charge on any atom is 0.395 e. The Morgan fingerprint density at radius 1 is 1.30 bits per heavy atom. The third-order valence-electron chi connectivity index (χ3n) is 2.93. The molecule has 2 rings (SSSR count). The number of nitrogens with zero attached hydrogens (tertiary/aromatic N) is 2. The fraction of sp³-hybridized carbons (Fsp3) is 0.143. The summed E-state index contributed by atoms with van der Waals surface area (Å²) in [6.45, 7) is 0. The third-order valence-corrected chi connectivity index (χ3v) is 2.93. The highest BCUT2D eigenvalue weighted by Gasteiger charge is 2.21. The molecule has 23 heavy (non-hydrogen) atoms. The van der Waals surface area contributed by atoms with Gasteiger partial charge >= 0.3 is 11.2 Å². The van der Waals surface area contributed by atoms with Gasteiger partial charge in [-0.05, 0) is 18.2 Å². The molecule has 0 saturated carbocycles. The van der Waals surface area contributed by atoms with Gasteiger partial charge in [-0.15, -0.1) is 0 Å². The second-order valence-corrected chi connectivity index (χ2v) is 4.30. The molecule has 0 amide bonds. The number of nitrogens with one attached hydrogen (secondary N) is 1. The summed E-state index contributed by atoms with van der Waals surface area (Å²) >= 11 is 0. The second-order valence-electron chi connectivity index (χ2n) is 4.30. The molecule has 1 aromatic heterocycles. The van der Waals surface area contributed by atoms with Crippen LogP contribution in [0, 0.1) is 10.1 Å². The van der Waals surface area contributed by atoms with Gasteiger partial charge in [0, 0.05) is 5.56 Å². The highest BCUT2D eigenvalue weighted by Crippen LogP contribution is 2.31. The average Bonchev–Trinajstić information content (AvgIpc) is 2.51. The van der Waals surface area contributed by atoms with Gasteiger partial charge in [0.1, 0.15) is 5.82 Å². The lowest BCUT2D eigenvalue weighted by Crippen LogP contribution is -2.14. The van der Waals surface area contributed by atoms with Crippen molar-refractivity contribution in [3.8, 4) is 17.4 Å². The van der Waals surface area contributed by atoms with Crippen molar-refractivity contribution in [3.05, 3.63) is 50.1 Å². The summed E-state index contributed by atoms with van der Waals surface area (Å²) < 4.78 is 10.4. The van der Waals surface area contributed by atoms with Gasteiger partial charge in [-0.1, -0.05) is 12.1 Å². The Balaban J connectivity index is 2.42. The maximum absolute atomic E-state index is 11.6. The first-order valence-electron chi connectivity index (χ1n) is 6.34. The molecule has 9 heteroatoms. The van der Waals surface area contributed by atoms with Gasteiger partial charge in [0.05, 0.1) is 19.1 Å². The first kappa shape index (κ1) is 16.0. The Kier molecular flexibility index (Phi) is 4.60. The lowest BCUT2D eigenvalue weighted by Gasteiger charge is -2.09. The van der Waals surface area contributed by atoms with E-state index in [2.05, 4.69) is 9.97 Å². The molecule has 0 aliphatic rings. The van der Waals surface area contributed by atoms with E-state index in [-0.39, 0.29) is 5.82 Å². The van der Waals surface area contributed by atoms with Crippen LogP contribution in [0.2, 0.25) is 0 Å². The molecule has 0 unspecified atom stereocenters. The number of nitro groups is 1. The summed E-state index contributed by atoms with van der Waals surface area (Å²) in [5.41, 5.74) is -1.41. The van der Waals surface area contributed by atoms with Gasteiger partial charge in [0.15, 0.2) is 11.5 Å². The molecule has 0 atom stereocenters. The summed E-state index contributed by atoms with van der Waals surface area (Å²) in [6.07, 6.45) is 2.94. The normalized spacial score (nSPS) is 10.7. The average molecular weight is 319 g/mol. The van der Waals surface area contributed by atoms with Gasteiger partial charge in [-0.3, -0.25) is 14.9 Å². The van der Waals surface area contributed by atoms with Crippen LogP contribution in [0.3, 0.4) is 0 Å². The van der Waals surface area contributed by atoms with Crippen LogP contribution in [0.25, 0.3) is 12.2 Å². The molecule has 0 saturated heterocycles. The molecule has 2 N–H and O–H groups in total. The summed E-state index contributed by atoms with van der Waals surface area (Å²) in [4.78, 5) is 27.0. The van der Waals surface area contributed by atoms with Crippen LogP contribution in [0.5, 0.6) is 17.4 Å². The highest BCUT2D eigenvalue weighted by atomic mass is 16.6. The van der Waals surface area contributed by atoms with Crippen LogP contribution in [0.15, 0.2) is 23.0 Å². The summed E-state index contributed by atoms with van der Waals surface area (Å²) in [5, 5.41) is 20.1. The molecule has 0 aliphatic carbocycles. The number of aromatic nitrogens is 2. The maximum atomic E-state index is 11.6. The lowest BCUT2D eigenvalue weighted by molar-refractivity contribution is -0.387. The number of methoxy groups -OCH3 is 2. The topological polar surface area (TPSA) is 128 Å². The number of hydrogen-bond acceptors (Lipinski definition) is 7. The number of ether oxygens (including phenoxy) is 2. The first-order valence-corrected chi connectivity index (χ1v) is 6.34. The number of hydrogen-bond donors (Lipinski definition) is 2. The van der Waals surface area contributed by atoms with E-state index in [1.54, 1.807) is 24.3 Å². The van der Waals surface area contributed by atoms with Crippen molar-refractivity contribution in [2.75, 3.05) is 14.2 Å². The van der Waals surface area contributed by atoms with Crippen molar-refractivity contribution >= 4 is 17.8 Å². The van der Waals surface area contributed by atoms with E-state index in [1.807, 2.05) is 0 Å².